The van der Waals surface area contributed by atoms with Gasteiger partial charge in [-0.15, -0.1) is 0 Å². The number of amides is 1. The predicted octanol–water partition coefficient (Wildman–Crippen LogP) is 5.50. The molecule has 0 aliphatic heterocycles. The zero-order valence-corrected chi connectivity index (χ0v) is 14.7. The molecule has 8 heteroatoms. The molecule has 1 heterocycles. The van der Waals surface area contributed by atoms with Crippen LogP contribution in [0.25, 0.3) is 11.3 Å². The van der Waals surface area contributed by atoms with Gasteiger partial charge in [-0.1, -0.05) is 29.3 Å². The summed E-state index contributed by atoms with van der Waals surface area (Å²) in [5.74, 6) is -1.31. The second-order valence-electron chi connectivity index (χ2n) is 5.39. The van der Waals surface area contributed by atoms with E-state index in [9.17, 15) is 13.6 Å². The maximum Gasteiger partial charge on any atom is 0.224 e. The fourth-order valence-corrected chi connectivity index (χ4v) is 2.62. The molecule has 134 valence electrons. The highest BCUT2D eigenvalue weighted by Crippen LogP contribution is 2.29. The summed E-state index contributed by atoms with van der Waals surface area (Å²) in [5, 5.41) is 3.24. The van der Waals surface area contributed by atoms with Crippen LogP contribution in [0, 0.1) is 11.6 Å². The average molecular weight is 397 g/mol. The number of carbonyl (C=O) groups excluding carboxylic acids is 1. The van der Waals surface area contributed by atoms with Crippen LogP contribution in [-0.2, 0) is 11.2 Å². The van der Waals surface area contributed by atoms with E-state index in [-0.39, 0.29) is 41.0 Å². The summed E-state index contributed by atoms with van der Waals surface area (Å²) in [5.41, 5.74) is 0.506. The summed E-state index contributed by atoms with van der Waals surface area (Å²) in [7, 11) is 0. The van der Waals surface area contributed by atoms with Crippen molar-refractivity contribution >= 4 is 34.8 Å². The van der Waals surface area contributed by atoms with Gasteiger partial charge in [-0.05, 0) is 24.3 Å². The van der Waals surface area contributed by atoms with E-state index in [1.54, 1.807) is 18.2 Å². The number of aryl methyl sites for hydroxylation is 1. The SMILES string of the molecule is O=C(CCc1ncc(-c2ccc(F)cc2F)o1)Nc1cccc(Cl)c1Cl. The van der Waals surface area contributed by atoms with Gasteiger partial charge < -0.3 is 9.73 Å². The Balaban J connectivity index is 1.63. The molecule has 0 unspecified atom stereocenters. The Kier molecular flexibility index (Phi) is 5.54. The number of rotatable bonds is 5. The lowest BCUT2D eigenvalue weighted by molar-refractivity contribution is -0.116. The van der Waals surface area contributed by atoms with Crippen LogP contribution in [0.1, 0.15) is 12.3 Å². The minimum atomic E-state index is -0.749. The minimum absolute atomic E-state index is 0.0781. The summed E-state index contributed by atoms with van der Waals surface area (Å²) in [6, 6.07) is 8.07. The smallest absolute Gasteiger partial charge is 0.224 e. The van der Waals surface area contributed by atoms with E-state index in [1.807, 2.05) is 0 Å². The van der Waals surface area contributed by atoms with E-state index >= 15 is 0 Å². The lowest BCUT2D eigenvalue weighted by Gasteiger charge is -2.07. The summed E-state index contributed by atoms with van der Waals surface area (Å²) in [6.45, 7) is 0. The van der Waals surface area contributed by atoms with Gasteiger partial charge in [-0.2, -0.15) is 0 Å². The predicted molar refractivity (Wildman–Crippen MR) is 95.3 cm³/mol. The summed E-state index contributed by atoms with van der Waals surface area (Å²) >= 11 is 11.9. The molecule has 0 saturated carbocycles. The highest BCUT2D eigenvalue weighted by Gasteiger charge is 2.14. The number of halogens is 4. The second-order valence-corrected chi connectivity index (χ2v) is 6.18. The number of nitrogens with one attached hydrogen (secondary N) is 1. The van der Waals surface area contributed by atoms with E-state index in [0.717, 1.165) is 12.1 Å². The maximum absolute atomic E-state index is 13.8. The third-order valence-electron chi connectivity index (χ3n) is 3.54. The molecule has 4 nitrogen and oxygen atoms in total. The molecule has 1 aromatic heterocycles. The third kappa shape index (κ3) is 4.20. The van der Waals surface area contributed by atoms with Gasteiger partial charge in [0.05, 0.1) is 27.5 Å². The average Bonchev–Trinajstić information content (AvgIpc) is 3.06. The van der Waals surface area contributed by atoms with Crippen LogP contribution in [0.5, 0.6) is 0 Å². The van der Waals surface area contributed by atoms with Crippen molar-refractivity contribution in [1.29, 1.82) is 0 Å². The molecule has 0 fully saturated rings. The Labute approximate surface area is 157 Å². The van der Waals surface area contributed by atoms with Crippen LogP contribution < -0.4 is 5.32 Å². The van der Waals surface area contributed by atoms with Crippen LogP contribution in [0.4, 0.5) is 14.5 Å². The van der Waals surface area contributed by atoms with Crippen LogP contribution in [0.2, 0.25) is 10.0 Å². The monoisotopic (exact) mass is 396 g/mol. The van der Waals surface area contributed by atoms with E-state index in [2.05, 4.69) is 10.3 Å². The number of benzene rings is 2. The van der Waals surface area contributed by atoms with Gasteiger partial charge in [0.25, 0.3) is 0 Å². The quantitative estimate of drug-likeness (QED) is 0.619. The fourth-order valence-electron chi connectivity index (χ4n) is 2.27. The van der Waals surface area contributed by atoms with Gasteiger partial charge in [0, 0.05) is 18.9 Å². The van der Waals surface area contributed by atoms with E-state index in [4.69, 9.17) is 27.6 Å². The first-order valence-electron chi connectivity index (χ1n) is 7.58. The second kappa shape index (κ2) is 7.85. The van der Waals surface area contributed by atoms with E-state index < -0.39 is 11.6 Å². The van der Waals surface area contributed by atoms with Crippen LogP contribution >= 0.6 is 23.2 Å². The van der Waals surface area contributed by atoms with Crippen molar-refractivity contribution in [3.63, 3.8) is 0 Å². The Morgan fingerprint density at radius 3 is 2.77 bits per heavy atom. The zero-order chi connectivity index (χ0) is 18.7. The zero-order valence-electron chi connectivity index (χ0n) is 13.2. The lowest BCUT2D eigenvalue weighted by atomic mass is 10.2. The molecule has 1 N–H and O–H groups in total. The number of hydrogen-bond acceptors (Lipinski definition) is 3. The molecule has 0 aliphatic carbocycles. The van der Waals surface area contributed by atoms with Crippen molar-refractivity contribution in [2.45, 2.75) is 12.8 Å². The summed E-state index contributed by atoms with van der Waals surface area (Å²) in [4.78, 5) is 16.0. The molecule has 0 saturated heterocycles. The first kappa shape index (κ1) is 18.4. The molecule has 0 radical (unpaired) electrons. The van der Waals surface area contributed by atoms with Gasteiger partial charge in [0.1, 0.15) is 11.6 Å². The van der Waals surface area contributed by atoms with Gasteiger partial charge in [0.15, 0.2) is 11.7 Å². The standard InChI is InChI=1S/C18H12Cl2F2N2O2/c19-12-2-1-3-14(18(12)20)24-16(25)6-7-17-23-9-15(26-17)11-5-4-10(21)8-13(11)22/h1-5,8-9H,6-7H2,(H,24,25). The highest BCUT2D eigenvalue weighted by atomic mass is 35.5. The molecule has 0 aliphatic rings. The normalized spacial score (nSPS) is 10.8. The van der Waals surface area contributed by atoms with Crippen molar-refractivity contribution in [2.24, 2.45) is 0 Å². The number of hydrogen-bond donors (Lipinski definition) is 1. The van der Waals surface area contributed by atoms with Crippen LogP contribution in [0.3, 0.4) is 0 Å². The fraction of sp³-hybridized carbons (Fsp3) is 0.111. The van der Waals surface area contributed by atoms with Crippen molar-refractivity contribution in [3.05, 3.63) is 70.2 Å². The summed E-state index contributed by atoms with van der Waals surface area (Å²) < 4.78 is 32.2. The Hall–Kier alpha value is -2.44. The minimum Gasteiger partial charge on any atom is -0.441 e. The van der Waals surface area contributed by atoms with E-state index in [1.165, 1.54) is 12.3 Å². The van der Waals surface area contributed by atoms with Crippen LogP contribution in [-0.4, -0.2) is 10.9 Å². The molecule has 1 amide bonds. The third-order valence-corrected chi connectivity index (χ3v) is 4.36. The van der Waals surface area contributed by atoms with E-state index in [0.29, 0.717) is 10.7 Å². The topological polar surface area (TPSA) is 55.1 Å². The van der Waals surface area contributed by atoms with Crippen LogP contribution in [0.15, 0.2) is 47.0 Å². The number of oxazole rings is 1. The number of nitrogens with zero attached hydrogens (tertiary/aromatic N) is 1. The summed E-state index contributed by atoms with van der Waals surface area (Å²) in [6.07, 6.45) is 1.61. The van der Waals surface area contributed by atoms with Crippen molar-refractivity contribution in [2.75, 3.05) is 5.32 Å². The molecule has 3 rings (SSSR count). The highest BCUT2D eigenvalue weighted by molar-refractivity contribution is 6.43. The number of aromatic nitrogens is 1. The maximum atomic E-state index is 13.8. The van der Waals surface area contributed by atoms with Gasteiger partial charge in [-0.3, -0.25) is 4.79 Å². The molecular weight excluding hydrogens is 385 g/mol. The Bertz CT molecular complexity index is 960. The lowest BCUT2D eigenvalue weighted by Crippen LogP contribution is -2.12. The first-order valence-corrected chi connectivity index (χ1v) is 8.33. The number of carbonyl (C=O) groups is 1. The molecular formula is C18H12Cl2F2N2O2. The molecule has 0 spiro atoms. The van der Waals surface area contributed by atoms with Gasteiger partial charge in [-0.25, -0.2) is 13.8 Å². The molecule has 3 aromatic rings. The van der Waals surface area contributed by atoms with Gasteiger partial charge >= 0.3 is 0 Å². The first-order chi connectivity index (χ1) is 12.4. The number of anilines is 1. The van der Waals surface area contributed by atoms with Crippen molar-refractivity contribution in [3.8, 4) is 11.3 Å². The molecule has 0 bridgehead atoms. The molecule has 26 heavy (non-hydrogen) atoms. The molecule has 0 atom stereocenters. The largest absolute Gasteiger partial charge is 0.441 e. The van der Waals surface area contributed by atoms with Crippen molar-refractivity contribution < 1.29 is 18.0 Å². The van der Waals surface area contributed by atoms with Gasteiger partial charge in [0.2, 0.25) is 5.91 Å². The Morgan fingerprint density at radius 2 is 2.00 bits per heavy atom. The van der Waals surface area contributed by atoms with Crippen molar-refractivity contribution in [1.82, 2.24) is 4.98 Å². The molecule has 2 aromatic carbocycles. The Morgan fingerprint density at radius 1 is 1.19 bits per heavy atom.